The third-order valence-corrected chi connectivity index (χ3v) is 1.63. The minimum absolute atomic E-state index is 0.0282. The van der Waals surface area contributed by atoms with Gasteiger partial charge in [0, 0.05) is 19.8 Å². The number of hydrogen-bond acceptors (Lipinski definition) is 4. The highest BCUT2D eigenvalue weighted by atomic mass is 16.3. The SMILES string of the molecule is CN(CCO)C(=O)Cn1ccnn1. The van der Waals surface area contributed by atoms with Crippen LogP contribution in [-0.4, -0.2) is 51.1 Å². The molecule has 0 radical (unpaired) electrons. The number of nitrogens with zero attached hydrogens (tertiary/aromatic N) is 4. The first kappa shape index (κ1) is 9.66. The number of hydrogen-bond donors (Lipinski definition) is 1. The number of amides is 1. The van der Waals surface area contributed by atoms with E-state index in [1.54, 1.807) is 13.2 Å². The molecule has 0 aromatic carbocycles. The highest BCUT2D eigenvalue weighted by Crippen LogP contribution is 1.88. The molecule has 0 atom stereocenters. The molecule has 0 aliphatic carbocycles. The Morgan fingerprint density at radius 3 is 3.00 bits per heavy atom. The zero-order valence-corrected chi connectivity index (χ0v) is 7.42. The first-order valence-electron chi connectivity index (χ1n) is 3.93. The molecule has 0 saturated heterocycles. The zero-order chi connectivity index (χ0) is 9.68. The van der Waals surface area contributed by atoms with Crippen molar-refractivity contribution in [3.8, 4) is 0 Å². The fourth-order valence-electron chi connectivity index (χ4n) is 0.851. The van der Waals surface area contributed by atoms with Crippen LogP contribution >= 0.6 is 0 Å². The summed E-state index contributed by atoms with van der Waals surface area (Å²) in [7, 11) is 1.63. The Hall–Kier alpha value is -1.43. The fourth-order valence-corrected chi connectivity index (χ4v) is 0.851. The van der Waals surface area contributed by atoms with Crippen LogP contribution in [0.2, 0.25) is 0 Å². The van der Waals surface area contributed by atoms with Crippen LogP contribution in [0.25, 0.3) is 0 Å². The lowest BCUT2D eigenvalue weighted by Gasteiger charge is -2.14. The molecule has 1 heterocycles. The van der Waals surface area contributed by atoms with Gasteiger partial charge in [-0.15, -0.1) is 5.10 Å². The van der Waals surface area contributed by atoms with Crippen LogP contribution in [0.3, 0.4) is 0 Å². The van der Waals surface area contributed by atoms with Crippen molar-refractivity contribution in [1.82, 2.24) is 19.9 Å². The number of aliphatic hydroxyl groups is 1. The molecular formula is C7H12N4O2. The highest BCUT2D eigenvalue weighted by molar-refractivity contribution is 5.75. The molecule has 1 rings (SSSR count). The van der Waals surface area contributed by atoms with Gasteiger partial charge in [-0.05, 0) is 0 Å². The van der Waals surface area contributed by atoms with Crippen LogP contribution in [0.1, 0.15) is 0 Å². The van der Waals surface area contributed by atoms with Crippen molar-refractivity contribution >= 4 is 5.91 Å². The summed E-state index contributed by atoms with van der Waals surface area (Å²) >= 11 is 0. The van der Waals surface area contributed by atoms with E-state index in [-0.39, 0.29) is 19.1 Å². The van der Waals surface area contributed by atoms with Gasteiger partial charge in [-0.25, -0.2) is 4.68 Å². The van der Waals surface area contributed by atoms with Gasteiger partial charge in [0.2, 0.25) is 5.91 Å². The van der Waals surface area contributed by atoms with E-state index in [9.17, 15) is 4.79 Å². The predicted octanol–water partition coefficient (Wildman–Crippen LogP) is -1.27. The van der Waals surface area contributed by atoms with E-state index >= 15 is 0 Å². The second-order valence-corrected chi connectivity index (χ2v) is 2.64. The quantitative estimate of drug-likeness (QED) is 0.633. The smallest absolute Gasteiger partial charge is 0.244 e. The van der Waals surface area contributed by atoms with Gasteiger partial charge < -0.3 is 10.0 Å². The lowest BCUT2D eigenvalue weighted by atomic mass is 10.5. The average Bonchev–Trinajstić information content (AvgIpc) is 2.57. The molecule has 1 aromatic rings. The third-order valence-electron chi connectivity index (χ3n) is 1.63. The molecule has 6 nitrogen and oxygen atoms in total. The number of carbonyl (C=O) groups is 1. The largest absolute Gasteiger partial charge is 0.395 e. The van der Waals surface area contributed by atoms with Crippen LogP contribution in [0, 0.1) is 0 Å². The molecule has 1 amide bonds. The summed E-state index contributed by atoms with van der Waals surface area (Å²) in [5.41, 5.74) is 0. The van der Waals surface area contributed by atoms with E-state index < -0.39 is 0 Å². The van der Waals surface area contributed by atoms with Gasteiger partial charge in [0.1, 0.15) is 6.54 Å². The molecule has 6 heteroatoms. The van der Waals surface area contributed by atoms with Crippen LogP contribution in [0.5, 0.6) is 0 Å². The van der Waals surface area contributed by atoms with Crippen molar-refractivity contribution in [2.24, 2.45) is 0 Å². The maximum Gasteiger partial charge on any atom is 0.244 e. The minimum atomic E-state index is -0.0976. The van der Waals surface area contributed by atoms with E-state index in [4.69, 9.17) is 5.11 Å². The van der Waals surface area contributed by atoms with Crippen molar-refractivity contribution in [3.05, 3.63) is 12.4 Å². The van der Waals surface area contributed by atoms with Gasteiger partial charge in [0.05, 0.1) is 12.8 Å². The molecule has 13 heavy (non-hydrogen) atoms. The summed E-state index contributed by atoms with van der Waals surface area (Å²) in [6.45, 7) is 0.476. The standard InChI is InChI=1S/C7H12N4O2/c1-10(4-5-12)7(13)6-11-3-2-8-9-11/h2-3,12H,4-6H2,1H3. The normalized spacial score (nSPS) is 10.0. The number of aromatic nitrogens is 3. The van der Waals surface area contributed by atoms with Crippen molar-refractivity contribution < 1.29 is 9.90 Å². The monoisotopic (exact) mass is 184 g/mol. The van der Waals surface area contributed by atoms with Crippen molar-refractivity contribution in [2.45, 2.75) is 6.54 Å². The molecule has 72 valence electrons. The summed E-state index contributed by atoms with van der Waals surface area (Å²) in [5, 5.41) is 15.8. The summed E-state index contributed by atoms with van der Waals surface area (Å²) < 4.78 is 1.44. The van der Waals surface area contributed by atoms with Crippen molar-refractivity contribution in [1.29, 1.82) is 0 Å². The zero-order valence-electron chi connectivity index (χ0n) is 7.42. The van der Waals surface area contributed by atoms with Gasteiger partial charge in [0.15, 0.2) is 0 Å². The highest BCUT2D eigenvalue weighted by Gasteiger charge is 2.08. The molecule has 0 saturated carbocycles. The number of rotatable bonds is 4. The van der Waals surface area contributed by atoms with Gasteiger partial charge in [0.25, 0.3) is 0 Å². The topological polar surface area (TPSA) is 71.2 Å². The van der Waals surface area contributed by atoms with E-state index in [0.717, 1.165) is 0 Å². The first-order valence-corrected chi connectivity index (χ1v) is 3.93. The Kier molecular flexibility index (Phi) is 3.39. The maximum absolute atomic E-state index is 11.3. The Morgan fingerprint density at radius 2 is 2.46 bits per heavy atom. The molecule has 0 unspecified atom stereocenters. The molecule has 0 bridgehead atoms. The maximum atomic E-state index is 11.3. The Labute approximate surface area is 75.8 Å². The summed E-state index contributed by atoms with van der Waals surface area (Å²) in [5.74, 6) is -0.0976. The van der Waals surface area contributed by atoms with Crippen LogP contribution < -0.4 is 0 Å². The second kappa shape index (κ2) is 4.56. The molecule has 1 aromatic heterocycles. The average molecular weight is 184 g/mol. The van der Waals surface area contributed by atoms with Crippen LogP contribution in [0.15, 0.2) is 12.4 Å². The van der Waals surface area contributed by atoms with E-state index in [2.05, 4.69) is 10.3 Å². The molecule has 1 N–H and O–H groups in total. The van der Waals surface area contributed by atoms with Crippen LogP contribution in [-0.2, 0) is 11.3 Å². The molecule has 0 spiro atoms. The lowest BCUT2D eigenvalue weighted by molar-refractivity contribution is -0.131. The van der Waals surface area contributed by atoms with Crippen molar-refractivity contribution in [2.75, 3.05) is 20.2 Å². The Bertz CT molecular complexity index is 259. The molecule has 0 fully saturated rings. The van der Waals surface area contributed by atoms with Gasteiger partial charge in [-0.3, -0.25) is 4.79 Å². The minimum Gasteiger partial charge on any atom is -0.395 e. The van der Waals surface area contributed by atoms with E-state index in [1.807, 2.05) is 0 Å². The van der Waals surface area contributed by atoms with Crippen molar-refractivity contribution in [3.63, 3.8) is 0 Å². The fraction of sp³-hybridized carbons (Fsp3) is 0.571. The van der Waals surface area contributed by atoms with Gasteiger partial charge >= 0.3 is 0 Å². The number of likely N-dealkylation sites (N-methyl/N-ethyl adjacent to an activating group) is 1. The Balaban J connectivity index is 2.41. The van der Waals surface area contributed by atoms with E-state index in [0.29, 0.717) is 6.54 Å². The summed E-state index contributed by atoms with van der Waals surface area (Å²) in [4.78, 5) is 12.8. The van der Waals surface area contributed by atoms with Crippen LogP contribution in [0.4, 0.5) is 0 Å². The van der Waals surface area contributed by atoms with Gasteiger partial charge in [-0.2, -0.15) is 0 Å². The third kappa shape index (κ3) is 2.83. The van der Waals surface area contributed by atoms with Gasteiger partial charge in [-0.1, -0.05) is 5.21 Å². The lowest BCUT2D eigenvalue weighted by Crippen LogP contribution is -2.32. The molecule has 0 aliphatic rings. The second-order valence-electron chi connectivity index (χ2n) is 2.64. The summed E-state index contributed by atoms with van der Waals surface area (Å²) in [6, 6.07) is 0. The molecular weight excluding hydrogens is 172 g/mol. The van der Waals surface area contributed by atoms with E-state index in [1.165, 1.54) is 15.8 Å². The Morgan fingerprint density at radius 1 is 1.69 bits per heavy atom. The number of carbonyl (C=O) groups excluding carboxylic acids is 1. The predicted molar refractivity (Wildman–Crippen MR) is 44.7 cm³/mol. The first-order chi connectivity index (χ1) is 6.24. The summed E-state index contributed by atoms with van der Waals surface area (Å²) in [6.07, 6.45) is 3.13. The molecule has 0 aliphatic heterocycles. The number of aliphatic hydroxyl groups excluding tert-OH is 1.